The topological polar surface area (TPSA) is 17.1 Å². The van der Waals surface area contributed by atoms with Crippen LogP contribution in [0.25, 0.3) is 0 Å². The van der Waals surface area contributed by atoms with E-state index < -0.39 is 0 Å². The molecular weight excluding hydrogens is 196 g/mol. The second-order valence-electron chi connectivity index (χ2n) is 5.16. The van der Waals surface area contributed by atoms with Crippen LogP contribution in [0.15, 0.2) is 24.3 Å². The van der Waals surface area contributed by atoms with Crippen molar-refractivity contribution in [3.63, 3.8) is 0 Å². The van der Waals surface area contributed by atoms with Crippen molar-refractivity contribution in [1.29, 1.82) is 0 Å². The van der Waals surface area contributed by atoms with Crippen molar-refractivity contribution >= 4 is 5.78 Å². The third-order valence-corrected chi connectivity index (χ3v) is 3.56. The van der Waals surface area contributed by atoms with Crippen LogP contribution < -0.4 is 0 Å². The molecule has 0 radical (unpaired) electrons. The molecule has 1 aliphatic carbocycles. The molecule has 0 heterocycles. The number of carbonyl (C=O) groups is 1. The van der Waals surface area contributed by atoms with E-state index in [0.29, 0.717) is 17.6 Å². The van der Waals surface area contributed by atoms with E-state index in [1.807, 2.05) is 0 Å². The molecule has 1 saturated carbocycles. The Bertz CT molecular complexity index is 362. The van der Waals surface area contributed by atoms with Gasteiger partial charge >= 0.3 is 0 Å². The van der Waals surface area contributed by atoms with E-state index in [2.05, 4.69) is 38.1 Å². The summed E-state index contributed by atoms with van der Waals surface area (Å²) in [4.78, 5) is 11.6. The Balaban J connectivity index is 2.02. The maximum atomic E-state index is 11.6. The van der Waals surface area contributed by atoms with Crippen molar-refractivity contribution in [2.24, 2.45) is 5.92 Å². The molecule has 1 aromatic rings. The highest BCUT2D eigenvalue weighted by molar-refractivity contribution is 5.83. The number of rotatable bonds is 3. The minimum atomic E-state index is 0.296. The van der Waals surface area contributed by atoms with E-state index in [4.69, 9.17) is 0 Å². The number of benzene rings is 1. The second-order valence-corrected chi connectivity index (χ2v) is 5.16. The third kappa shape index (κ3) is 2.52. The van der Waals surface area contributed by atoms with Gasteiger partial charge in [-0.1, -0.05) is 38.1 Å². The zero-order valence-electron chi connectivity index (χ0n) is 10.2. The summed E-state index contributed by atoms with van der Waals surface area (Å²) in [5.41, 5.74) is 2.69. The number of hydrogen-bond acceptors (Lipinski definition) is 1. The average molecular weight is 216 g/mol. The standard InChI is InChI=1S/C15H20O/c1-11(2)13-8-6-12(7-9-13)10-14-4-3-5-15(14)16/h6-9,11,14H,3-5,10H2,1-2H3. The fraction of sp³-hybridized carbons (Fsp3) is 0.533. The fourth-order valence-electron chi connectivity index (χ4n) is 2.43. The normalized spacial score (nSPS) is 20.7. The first kappa shape index (κ1) is 11.4. The molecule has 0 aromatic heterocycles. The highest BCUT2D eigenvalue weighted by Gasteiger charge is 2.24. The Morgan fingerprint density at radius 2 is 1.94 bits per heavy atom. The van der Waals surface area contributed by atoms with Crippen molar-refractivity contribution in [3.8, 4) is 0 Å². The minimum absolute atomic E-state index is 0.296. The van der Waals surface area contributed by atoms with Crippen molar-refractivity contribution in [3.05, 3.63) is 35.4 Å². The van der Waals surface area contributed by atoms with Crippen LogP contribution in [-0.4, -0.2) is 5.78 Å². The lowest BCUT2D eigenvalue weighted by molar-refractivity contribution is -0.120. The number of ketones is 1. The lowest BCUT2D eigenvalue weighted by atomic mass is 9.95. The lowest BCUT2D eigenvalue weighted by Crippen LogP contribution is -2.09. The molecule has 0 bridgehead atoms. The summed E-state index contributed by atoms with van der Waals surface area (Å²) in [7, 11) is 0. The smallest absolute Gasteiger partial charge is 0.136 e. The van der Waals surface area contributed by atoms with Crippen LogP contribution in [0.3, 0.4) is 0 Å². The summed E-state index contributed by atoms with van der Waals surface area (Å²) in [6.45, 7) is 4.41. The molecule has 1 heteroatoms. The van der Waals surface area contributed by atoms with Gasteiger partial charge in [-0.25, -0.2) is 0 Å². The van der Waals surface area contributed by atoms with Crippen LogP contribution in [-0.2, 0) is 11.2 Å². The number of carbonyl (C=O) groups excluding carboxylic acids is 1. The lowest BCUT2D eigenvalue weighted by Gasteiger charge is -2.10. The molecule has 0 aliphatic heterocycles. The van der Waals surface area contributed by atoms with Gasteiger partial charge in [0.1, 0.15) is 5.78 Å². The summed E-state index contributed by atoms with van der Waals surface area (Å²) in [6.07, 6.45) is 3.92. The van der Waals surface area contributed by atoms with Gasteiger partial charge in [0.25, 0.3) is 0 Å². The number of hydrogen-bond donors (Lipinski definition) is 0. The van der Waals surface area contributed by atoms with Crippen molar-refractivity contribution in [1.82, 2.24) is 0 Å². The Hall–Kier alpha value is -1.11. The molecule has 86 valence electrons. The quantitative estimate of drug-likeness (QED) is 0.752. The first-order chi connectivity index (χ1) is 7.66. The van der Waals surface area contributed by atoms with Crippen molar-refractivity contribution in [2.45, 2.75) is 45.4 Å². The van der Waals surface area contributed by atoms with Gasteiger partial charge in [0, 0.05) is 12.3 Å². The van der Waals surface area contributed by atoms with Gasteiger partial charge in [-0.05, 0) is 36.3 Å². The van der Waals surface area contributed by atoms with Crippen LogP contribution in [0.2, 0.25) is 0 Å². The van der Waals surface area contributed by atoms with E-state index in [9.17, 15) is 4.79 Å². The van der Waals surface area contributed by atoms with E-state index >= 15 is 0 Å². The maximum absolute atomic E-state index is 11.6. The second kappa shape index (κ2) is 4.82. The molecule has 16 heavy (non-hydrogen) atoms. The van der Waals surface area contributed by atoms with Crippen molar-refractivity contribution < 1.29 is 4.79 Å². The van der Waals surface area contributed by atoms with Crippen molar-refractivity contribution in [2.75, 3.05) is 0 Å². The molecular formula is C15H20O. The van der Waals surface area contributed by atoms with Gasteiger partial charge in [0.2, 0.25) is 0 Å². The largest absolute Gasteiger partial charge is 0.299 e. The SMILES string of the molecule is CC(C)c1ccc(CC2CCCC2=O)cc1. The van der Waals surface area contributed by atoms with E-state index in [-0.39, 0.29) is 0 Å². The average Bonchev–Trinajstić information content (AvgIpc) is 2.65. The van der Waals surface area contributed by atoms with Crippen LogP contribution in [0.1, 0.15) is 50.2 Å². The molecule has 1 aromatic carbocycles. The Morgan fingerprint density at radius 3 is 2.44 bits per heavy atom. The van der Waals surface area contributed by atoms with Crippen LogP contribution in [0.5, 0.6) is 0 Å². The molecule has 1 nitrogen and oxygen atoms in total. The Kier molecular flexibility index (Phi) is 3.42. The summed E-state index contributed by atoms with van der Waals surface area (Å²) in [5, 5.41) is 0. The summed E-state index contributed by atoms with van der Waals surface area (Å²) >= 11 is 0. The monoisotopic (exact) mass is 216 g/mol. The van der Waals surface area contributed by atoms with E-state index in [0.717, 1.165) is 25.7 Å². The molecule has 1 unspecified atom stereocenters. The zero-order chi connectivity index (χ0) is 11.5. The minimum Gasteiger partial charge on any atom is -0.299 e. The summed E-state index contributed by atoms with van der Waals surface area (Å²) < 4.78 is 0. The molecule has 1 aliphatic rings. The molecule has 0 spiro atoms. The van der Waals surface area contributed by atoms with Gasteiger partial charge < -0.3 is 0 Å². The predicted molar refractivity (Wildman–Crippen MR) is 66.6 cm³/mol. The van der Waals surface area contributed by atoms with Crippen LogP contribution in [0.4, 0.5) is 0 Å². The summed E-state index contributed by atoms with van der Waals surface area (Å²) in [6, 6.07) is 8.75. The molecule has 2 rings (SSSR count). The zero-order valence-corrected chi connectivity index (χ0v) is 10.2. The molecule has 1 fully saturated rings. The van der Waals surface area contributed by atoms with Gasteiger partial charge in [0.05, 0.1) is 0 Å². The maximum Gasteiger partial charge on any atom is 0.136 e. The summed E-state index contributed by atoms with van der Waals surface area (Å²) in [5.74, 6) is 1.35. The van der Waals surface area contributed by atoms with Gasteiger partial charge in [-0.2, -0.15) is 0 Å². The molecule has 0 amide bonds. The highest BCUT2D eigenvalue weighted by atomic mass is 16.1. The van der Waals surface area contributed by atoms with Crippen LogP contribution >= 0.6 is 0 Å². The van der Waals surface area contributed by atoms with Gasteiger partial charge in [0.15, 0.2) is 0 Å². The third-order valence-electron chi connectivity index (χ3n) is 3.56. The van der Waals surface area contributed by atoms with Gasteiger partial charge in [-0.3, -0.25) is 4.79 Å². The Morgan fingerprint density at radius 1 is 1.25 bits per heavy atom. The highest BCUT2D eigenvalue weighted by Crippen LogP contribution is 2.25. The first-order valence-corrected chi connectivity index (χ1v) is 6.28. The fourth-order valence-corrected chi connectivity index (χ4v) is 2.43. The molecule has 0 N–H and O–H groups in total. The molecule has 0 saturated heterocycles. The number of Topliss-reactive ketones (excluding diaryl/α,β-unsaturated/α-hetero) is 1. The van der Waals surface area contributed by atoms with E-state index in [1.165, 1.54) is 11.1 Å². The van der Waals surface area contributed by atoms with Gasteiger partial charge in [-0.15, -0.1) is 0 Å². The van der Waals surface area contributed by atoms with E-state index in [1.54, 1.807) is 0 Å². The Labute approximate surface area is 97.9 Å². The predicted octanol–water partition coefficient (Wildman–Crippen LogP) is 3.72. The van der Waals surface area contributed by atoms with Crippen LogP contribution in [0, 0.1) is 5.92 Å². The molecule has 1 atom stereocenters. The first-order valence-electron chi connectivity index (χ1n) is 6.28.